The third-order valence-corrected chi connectivity index (χ3v) is 3.67. The molecule has 24 heavy (non-hydrogen) atoms. The van der Waals surface area contributed by atoms with Crippen LogP contribution in [0.15, 0.2) is 30.6 Å². The van der Waals surface area contributed by atoms with Gasteiger partial charge in [-0.2, -0.15) is 0 Å². The molecule has 1 aromatic heterocycles. The van der Waals surface area contributed by atoms with Crippen molar-refractivity contribution in [2.75, 3.05) is 24.3 Å². The van der Waals surface area contributed by atoms with Gasteiger partial charge in [0.25, 0.3) is 0 Å². The second-order valence-corrected chi connectivity index (χ2v) is 6.12. The van der Waals surface area contributed by atoms with Crippen LogP contribution in [0.1, 0.15) is 30.6 Å². The van der Waals surface area contributed by atoms with Crippen molar-refractivity contribution < 1.29 is 9.53 Å². The van der Waals surface area contributed by atoms with E-state index in [2.05, 4.69) is 34.4 Å². The summed E-state index contributed by atoms with van der Waals surface area (Å²) in [6.07, 6.45) is 2.53. The highest BCUT2D eigenvalue weighted by Crippen LogP contribution is 2.26. The molecule has 7 heteroatoms. The molecule has 0 aliphatic rings. The van der Waals surface area contributed by atoms with Gasteiger partial charge in [0.05, 0.1) is 23.4 Å². The minimum absolute atomic E-state index is 0.411. The molecule has 0 aliphatic heterocycles. The molecule has 0 amide bonds. The molecule has 0 fully saturated rings. The molecule has 0 atom stereocenters. The number of aromatic nitrogens is 2. The monoisotopic (exact) mass is 348 g/mol. The Morgan fingerprint density at radius 3 is 2.71 bits per heavy atom. The number of rotatable bonds is 7. The lowest BCUT2D eigenvalue weighted by molar-refractivity contribution is 0.0601. The van der Waals surface area contributed by atoms with Crippen LogP contribution in [0.4, 0.5) is 17.3 Å². The van der Waals surface area contributed by atoms with Crippen LogP contribution in [0.2, 0.25) is 5.02 Å². The Hall–Kier alpha value is -2.34. The van der Waals surface area contributed by atoms with E-state index in [1.54, 1.807) is 24.3 Å². The molecule has 1 aromatic carbocycles. The Morgan fingerprint density at radius 2 is 2.00 bits per heavy atom. The molecule has 0 spiro atoms. The first-order valence-corrected chi connectivity index (χ1v) is 8.08. The van der Waals surface area contributed by atoms with Crippen LogP contribution in [0.25, 0.3) is 0 Å². The number of carbonyl (C=O) groups excluding carboxylic acids is 1. The molecule has 2 aromatic rings. The van der Waals surface area contributed by atoms with Crippen LogP contribution in [-0.4, -0.2) is 29.6 Å². The number of hydrogen-bond donors (Lipinski definition) is 2. The van der Waals surface area contributed by atoms with Crippen molar-refractivity contribution in [2.45, 2.75) is 20.3 Å². The summed E-state index contributed by atoms with van der Waals surface area (Å²) in [5.41, 5.74) is 0.986. The standard InChI is InChI=1S/C17H21ClN4O2/c1-11(2)6-7-19-15-9-16(21-10-20-15)22-14-8-12(17(23)24-3)4-5-13(14)18/h4-5,8-11H,6-7H2,1-3H3,(H2,19,20,21,22). The normalized spacial score (nSPS) is 10.5. The van der Waals surface area contributed by atoms with Gasteiger partial charge >= 0.3 is 5.97 Å². The molecule has 2 N–H and O–H groups in total. The first-order chi connectivity index (χ1) is 11.5. The minimum Gasteiger partial charge on any atom is -0.465 e. The maximum Gasteiger partial charge on any atom is 0.337 e. The summed E-state index contributed by atoms with van der Waals surface area (Å²) < 4.78 is 4.72. The maximum absolute atomic E-state index is 11.6. The number of ether oxygens (including phenoxy) is 1. The van der Waals surface area contributed by atoms with Crippen LogP contribution in [0.5, 0.6) is 0 Å². The highest BCUT2D eigenvalue weighted by molar-refractivity contribution is 6.33. The molecule has 0 saturated carbocycles. The summed E-state index contributed by atoms with van der Waals surface area (Å²) in [5.74, 6) is 1.51. The molecule has 0 bridgehead atoms. The van der Waals surface area contributed by atoms with E-state index in [1.807, 2.05) is 0 Å². The molecule has 1 heterocycles. The molecule has 0 saturated heterocycles. The predicted molar refractivity (Wildman–Crippen MR) is 96.1 cm³/mol. The van der Waals surface area contributed by atoms with E-state index in [1.165, 1.54) is 13.4 Å². The number of nitrogens with zero attached hydrogens (tertiary/aromatic N) is 2. The quantitative estimate of drug-likeness (QED) is 0.733. The van der Waals surface area contributed by atoms with Crippen LogP contribution in [0.3, 0.4) is 0 Å². The molecule has 0 aliphatic carbocycles. The third kappa shape index (κ3) is 5.09. The van der Waals surface area contributed by atoms with Crippen molar-refractivity contribution in [3.8, 4) is 0 Å². The SMILES string of the molecule is COC(=O)c1ccc(Cl)c(Nc2cc(NCCC(C)C)ncn2)c1. The largest absolute Gasteiger partial charge is 0.465 e. The summed E-state index contributed by atoms with van der Waals surface area (Å²) in [7, 11) is 1.34. The van der Waals surface area contributed by atoms with E-state index in [-0.39, 0.29) is 0 Å². The Kier molecular flexibility index (Phi) is 6.37. The van der Waals surface area contributed by atoms with Gasteiger partial charge in [0, 0.05) is 12.6 Å². The zero-order chi connectivity index (χ0) is 17.5. The number of anilines is 3. The average Bonchev–Trinajstić information content (AvgIpc) is 2.56. The number of halogens is 1. The van der Waals surface area contributed by atoms with E-state index < -0.39 is 5.97 Å². The van der Waals surface area contributed by atoms with Crippen molar-refractivity contribution >= 4 is 34.9 Å². The fourth-order valence-electron chi connectivity index (χ4n) is 2.02. The second kappa shape index (κ2) is 8.49. The fourth-order valence-corrected chi connectivity index (χ4v) is 2.18. The number of carbonyl (C=O) groups is 1. The highest BCUT2D eigenvalue weighted by Gasteiger charge is 2.10. The van der Waals surface area contributed by atoms with Crippen LogP contribution in [-0.2, 0) is 4.74 Å². The van der Waals surface area contributed by atoms with Crippen molar-refractivity contribution in [1.29, 1.82) is 0 Å². The molecular formula is C17H21ClN4O2. The lowest BCUT2D eigenvalue weighted by Crippen LogP contribution is -2.07. The lowest BCUT2D eigenvalue weighted by Gasteiger charge is -2.11. The first kappa shape index (κ1) is 18.0. The van der Waals surface area contributed by atoms with Gasteiger partial charge in [-0.3, -0.25) is 0 Å². The predicted octanol–water partition coefficient (Wildman–Crippen LogP) is 4.12. The number of nitrogens with one attached hydrogen (secondary N) is 2. The summed E-state index contributed by atoms with van der Waals surface area (Å²) in [6, 6.07) is 6.67. The summed E-state index contributed by atoms with van der Waals surface area (Å²) >= 11 is 6.18. The number of esters is 1. The van der Waals surface area contributed by atoms with Gasteiger partial charge in [-0.25, -0.2) is 14.8 Å². The number of methoxy groups -OCH3 is 1. The van der Waals surface area contributed by atoms with E-state index in [0.717, 1.165) is 18.8 Å². The molecule has 6 nitrogen and oxygen atoms in total. The van der Waals surface area contributed by atoms with Crippen LogP contribution >= 0.6 is 11.6 Å². The summed E-state index contributed by atoms with van der Waals surface area (Å²) in [5, 5.41) is 6.84. The lowest BCUT2D eigenvalue weighted by atomic mass is 10.1. The Labute approximate surface area is 146 Å². The molecule has 0 radical (unpaired) electrons. The van der Waals surface area contributed by atoms with Crippen molar-refractivity contribution in [3.05, 3.63) is 41.2 Å². The number of benzene rings is 1. The number of hydrogen-bond acceptors (Lipinski definition) is 6. The maximum atomic E-state index is 11.6. The fraction of sp³-hybridized carbons (Fsp3) is 0.353. The van der Waals surface area contributed by atoms with Gasteiger partial charge in [0.1, 0.15) is 18.0 Å². The Morgan fingerprint density at radius 1 is 1.25 bits per heavy atom. The molecule has 2 rings (SSSR count). The zero-order valence-electron chi connectivity index (χ0n) is 14.0. The molecule has 0 unspecified atom stereocenters. The summed E-state index contributed by atoms with van der Waals surface area (Å²) in [4.78, 5) is 20.0. The topological polar surface area (TPSA) is 76.1 Å². The highest BCUT2D eigenvalue weighted by atomic mass is 35.5. The van der Waals surface area contributed by atoms with Crippen LogP contribution in [0, 0.1) is 5.92 Å². The Balaban J connectivity index is 2.12. The van der Waals surface area contributed by atoms with Crippen LogP contribution < -0.4 is 10.6 Å². The van der Waals surface area contributed by atoms with Gasteiger partial charge in [0.2, 0.25) is 0 Å². The average molecular weight is 349 g/mol. The van der Waals surface area contributed by atoms with Gasteiger partial charge in [0.15, 0.2) is 0 Å². The van der Waals surface area contributed by atoms with E-state index in [0.29, 0.717) is 28.0 Å². The second-order valence-electron chi connectivity index (χ2n) is 5.71. The van der Waals surface area contributed by atoms with Gasteiger partial charge < -0.3 is 15.4 Å². The van der Waals surface area contributed by atoms with Crippen molar-refractivity contribution in [3.63, 3.8) is 0 Å². The third-order valence-electron chi connectivity index (χ3n) is 3.35. The zero-order valence-corrected chi connectivity index (χ0v) is 14.7. The van der Waals surface area contributed by atoms with Gasteiger partial charge in [-0.15, -0.1) is 0 Å². The Bertz CT molecular complexity index is 707. The summed E-state index contributed by atoms with van der Waals surface area (Å²) in [6.45, 7) is 5.18. The molecular weight excluding hydrogens is 328 g/mol. The van der Waals surface area contributed by atoms with Gasteiger partial charge in [-0.05, 0) is 30.5 Å². The van der Waals surface area contributed by atoms with Gasteiger partial charge in [-0.1, -0.05) is 25.4 Å². The first-order valence-electron chi connectivity index (χ1n) is 7.70. The molecule has 128 valence electrons. The van der Waals surface area contributed by atoms with Crippen molar-refractivity contribution in [1.82, 2.24) is 9.97 Å². The van der Waals surface area contributed by atoms with Crippen molar-refractivity contribution in [2.24, 2.45) is 5.92 Å². The van der Waals surface area contributed by atoms with E-state index >= 15 is 0 Å². The van der Waals surface area contributed by atoms with E-state index in [4.69, 9.17) is 16.3 Å². The minimum atomic E-state index is -0.423. The van der Waals surface area contributed by atoms with E-state index in [9.17, 15) is 4.79 Å². The smallest absolute Gasteiger partial charge is 0.337 e.